The van der Waals surface area contributed by atoms with Crippen LogP contribution in [0.1, 0.15) is 24.1 Å². The second-order valence-electron chi connectivity index (χ2n) is 5.68. The van der Waals surface area contributed by atoms with E-state index in [1.165, 1.54) is 4.88 Å². The van der Waals surface area contributed by atoms with E-state index in [-0.39, 0.29) is 11.9 Å². The van der Waals surface area contributed by atoms with Crippen LogP contribution in [0.4, 0.5) is 0 Å². The Morgan fingerprint density at radius 1 is 1.43 bits per heavy atom. The molecule has 0 saturated carbocycles. The molecule has 5 nitrogen and oxygen atoms in total. The van der Waals surface area contributed by atoms with Gasteiger partial charge in [0.15, 0.2) is 0 Å². The molecule has 0 unspecified atom stereocenters. The molecule has 0 radical (unpaired) electrons. The normalized spacial score (nSPS) is 17.3. The lowest BCUT2D eigenvalue weighted by Gasteiger charge is -2.19. The van der Waals surface area contributed by atoms with Crippen LogP contribution in [-0.2, 0) is 16.1 Å². The van der Waals surface area contributed by atoms with E-state index in [1.54, 1.807) is 16.2 Å². The molecule has 1 aliphatic rings. The van der Waals surface area contributed by atoms with Gasteiger partial charge in [-0.05, 0) is 30.9 Å². The zero-order valence-corrected chi connectivity index (χ0v) is 13.8. The highest BCUT2D eigenvalue weighted by Crippen LogP contribution is 2.27. The highest BCUT2D eigenvalue weighted by molar-refractivity contribution is 7.13. The van der Waals surface area contributed by atoms with Gasteiger partial charge >= 0.3 is 0 Å². The van der Waals surface area contributed by atoms with Crippen molar-refractivity contribution in [3.8, 4) is 10.4 Å². The fourth-order valence-electron chi connectivity index (χ4n) is 2.86. The number of carbonyl (C=O) groups excluding carboxylic acids is 2. The van der Waals surface area contributed by atoms with Gasteiger partial charge in [0.25, 0.3) is 0 Å². The van der Waals surface area contributed by atoms with Crippen LogP contribution in [0.2, 0.25) is 0 Å². The molecule has 1 saturated heterocycles. The minimum absolute atomic E-state index is 0.0722. The van der Waals surface area contributed by atoms with Crippen molar-refractivity contribution in [2.75, 3.05) is 6.54 Å². The van der Waals surface area contributed by atoms with Crippen LogP contribution < -0.4 is 5.32 Å². The average Bonchev–Trinajstić information content (AvgIpc) is 3.21. The molecule has 1 atom stereocenters. The molecule has 1 N–H and O–H groups in total. The molecule has 1 aromatic carbocycles. The van der Waals surface area contributed by atoms with Gasteiger partial charge in [0.1, 0.15) is 6.04 Å². The molecule has 0 bridgehead atoms. The van der Waals surface area contributed by atoms with E-state index in [4.69, 9.17) is 0 Å². The predicted octanol–water partition coefficient (Wildman–Crippen LogP) is 2.36. The van der Waals surface area contributed by atoms with Crippen LogP contribution in [0, 0.1) is 6.92 Å². The number of hydrogen-bond acceptors (Lipinski definition) is 4. The van der Waals surface area contributed by atoms with E-state index < -0.39 is 0 Å². The predicted molar refractivity (Wildman–Crippen MR) is 89.9 cm³/mol. The largest absolute Gasteiger partial charge is 0.350 e. The molecular weight excluding hydrogens is 310 g/mol. The standard InChI is InChI=1S/C17H19N3O2S/c1-12-16(23-10-19-12)14-6-4-13(5-7-14)9-18-17(22)15-3-2-8-20(15)11-21/h4-7,10-11,15H,2-3,8-9H2,1H3,(H,18,22)/t15-/m0/s1. The first-order valence-corrected chi connectivity index (χ1v) is 8.55. The number of aryl methyl sites for hydroxylation is 1. The number of hydrogen-bond donors (Lipinski definition) is 1. The van der Waals surface area contributed by atoms with Gasteiger partial charge in [0.2, 0.25) is 12.3 Å². The van der Waals surface area contributed by atoms with E-state index in [0.717, 1.165) is 36.1 Å². The highest BCUT2D eigenvalue weighted by Gasteiger charge is 2.29. The van der Waals surface area contributed by atoms with Crippen molar-refractivity contribution < 1.29 is 9.59 Å². The third-order valence-electron chi connectivity index (χ3n) is 4.16. The summed E-state index contributed by atoms with van der Waals surface area (Å²) in [7, 11) is 0. The van der Waals surface area contributed by atoms with Crippen molar-refractivity contribution in [1.29, 1.82) is 0 Å². The molecular formula is C17H19N3O2S. The first-order chi connectivity index (χ1) is 11.2. The maximum absolute atomic E-state index is 12.2. The maximum Gasteiger partial charge on any atom is 0.243 e. The Morgan fingerprint density at radius 2 is 2.22 bits per heavy atom. The number of carbonyl (C=O) groups is 2. The fourth-order valence-corrected chi connectivity index (χ4v) is 3.67. The first-order valence-electron chi connectivity index (χ1n) is 7.67. The lowest BCUT2D eigenvalue weighted by molar-refractivity contribution is -0.131. The molecule has 6 heteroatoms. The summed E-state index contributed by atoms with van der Waals surface area (Å²) in [5.74, 6) is -0.0722. The van der Waals surface area contributed by atoms with E-state index in [2.05, 4.69) is 22.4 Å². The van der Waals surface area contributed by atoms with Gasteiger partial charge < -0.3 is 10.2 Å². The van der Waals surface area contributed by atoms with Crippen molar-refractivity contribution in [3.05, 3.63) is 41.0 Å². The van der Waals surface area contributed by atoms with Gasteiger partial charge in [0.05, 0.1) is 16.1 Å². The third kappa shape index (κ3) is 3.42. The molecule has 2 aromatic rings. The van der Waals surface area contributed by atoms with Crippen molar-refractivity contribution in [1.82, 2.24) is 15.2 Å². The van der Waals surface area contributed by atoms with Crippen molar-refractivity contribution in [3.63, 3.8) is 0 Å². The Kier molecular flexibility index (Phi) is 4.71. The number of benzene rings is 1. The Hall–Kier alpha value is -2.21. The van der Waals surface area contributed by atoms with Gasteiger partial charge in [-0.1, -0.05) is 24.3 Å². The van der Waals surface area contributed by atoms with E-state index in [1.807, 2.05) is 24.6 Å². The monoisotopic (exact) mass is 329 g/mol. The Balaban J connectivity index is 1.60. The second kappa shape index (κ2) is 6.91. The van der Waals surface area contributed by atoms with E-state index >= 15 is 0 Å². The number of nitrogens with one attached hydrogen (secondary N) is 1. The second-order valence-corrected chi connectivity index (χ2v) is 6.54. The topological polar surface area (TPSA) is 62.3 Å². The number of thiazole rings is 1. The van der Waals surface area contributed by atoms with Crippen LogP contribution in [-0.4, -0.2) is 34.8 Å². The summed E-state index contributed by atoms with van der Waals surface area (Å²) in [6.45, 7) is 3.15. The Bertz CT molecular complexity index is 696. The summed E-state index contributed by atoms with van der Waals surface area (Å²) in [5.41, 5.74) is 5.06. The molecule has 0 spiro atoms. The van der Waals surface area contributed by atoms with Gasteiger partial charge in [-0.15, -0.1) is 11.3 Å². The van der Waals surface area contributed by atoms with E-state index in [9.17, 15) is 9.59 Å². The van der Waals surface area contributed by atoms with Crippen molar-refractivity contribution in [2.24, 2.45) is 0 Å². The summed E-state index contributed by atoms with van der Waals surface area (Å²) < 4.78 is 0. The molecule has 2 amide bonds. The van der Waals surface area contributed by atoms with Crippen molar-refractivity contribution in [2.45, 2.75) is 32.4 Å². The van der Waals surface area contributed by atoms with Gasteiger partial charge in [0, 0.05) is 13.1 Å². The van der Waals surface area contributed by atoms with E-state index in [0.29, 0.717) is 13.1 Å². The van der Waals surface area contributed by atoms with Crippen molar-refractivity contribution >= 4 is 23.7 Å². The lowest BCUT2D eigenvalue weighted by Crippen LogP contribution is -2.42. The summed E-state index contributed by atoms with van der Waals surface area (Å²) >= 11 is 1.63. The number of amides is 2. The third-order valence-corrected chi connectivity index (χ3v) is 5.14. The Morgan fingerprint density at radius 3 is 2.87 bits per heavy atom. The molecule has 23 heavy (non-hydrogen) atoms. The lowest BCUT2D eigenvalue weighted by atomic mass is 10.1. The van der Waals surface area contributed by atoms with Gasteiger partial charge in [-0.2, -0.15) is 0 Å². The number of likely N-dealkylation sites (tertiary alicyclic amines) is 1. The summed E-state index contributed by atoms with van der Waals surface area (Å²) in [4.78, 5) is 30.1. The number of rotatable bonds is 5. The molecule has 1 aliphatic heterocycles. The van der Waals surface area contributed by atoms with Crippen LogP contribution in [0.3, 0.4) is 0 Å². The SMILES string of the molecule is Cc1ncsc1-c1ccc(CNC(=O)[C@@H]2CCCN2C=O)cc1. The highest BCUT2D eigenvalue weighted by atomic mass is 32.1. The maximum atomic E-state index is 12.2. The number of nitrogens with zero attached hydrogens (tertiary/aromatic N) is 2. The quantitative estimate of drug-likeness (QED) is 0.857. The summed E-state index contributed by atoms with van der Waals surface area (Å²) in [6, 6.07) is 7.82. The molecule has 3 rings (SSSR count). The number of aromatic nitrogens is 1. The van der Waals surface area contributed by atoms with Gasteiger partial charge in [-0.3, -0.25) is 9.59 Å². The summed E-state index contributed by atoms with van der Waals surface area (Å²) in [6.07, 6.45) is 2.40. The van der Waals surface area contributed by atoms with Crippen LogP contribution >= 0.6 is 11.3 Å². The average molecular weight is 329 g/mol. The molecule has 1 fully saturated rings. The van der Waals surface area contributed by atoms with Crippen LogP contribution in [0.25, 0.3) is 10.4 Å². The molecule has 2 heterocycles. The van der Waals surface area contributed by atoms with Crippen LogP contribution in [0.5, 0.6) is 0 Å². The smallest absolute Gasteiger partial charge is 0.243 e. The Labute approximate surface area is 139 Å². The summed E-state index contributed by atoms with van der Waals surface area (Å²) in [5, 5.41) is 2.92. The van der Waals surface area contributed by atoms with Gasteiger partial charge in [-0.25, -0.2) is 4.98 Å². The molecule has 0 aliphatic carbocycles. The van der Waals surface area contributed by atoms with Crippen LogP contribution in [0.15, 0.2) is 29.8 Å². The minimum atomic E-state index is -0.313. The first kappa shape index (κ1) is 15.7. The minimum Gasteiger partial charge on any atom is -0.350 e. The fraction of sp³-hybridized carbons (Fsp3) is 0.353. The zero-order valence-electron chi connectivity index (χ0n) is 13.0. The molecule has 1 aromatic heterocycles. The molecule has 120 valence electrons. The zero-order chi connectivity index (χ0) is 16.2.